The lowest BCUT2D eigenvalue weighted by atomic mass is 9.89. The van der Waals surface area contributed by atoms with Crippen LogP contribution in [0, 0.1) is 23.7 Å². The number of carbonyl (C=O) groups is 9. The molecule has 9 atom stereocenters. The van der Waals surface area contributed by atoms with Crippen LogP contribution in [0.1, 0.15) is 131 Å². The number of hydrogen-bond donors (Lipinski definition) is 3. The number of methoxy groups -OCH3 is 2. The molecule has 3 aliphatic rings. The summed E-state index contributed by atoms with van der Waals surface area (Å²) in [4.78, 5) is 133. The van der Waals surface area contributed by atoms with Crippen molar-refractivity contribution < 1.29 is 57.5 Å². The predicted octanol–water partition coefficient (Wildman–Crippen LogP) is 4.04. The molecule has 79 heavy (non-hydrogen) atoms. The molecule has 3 heterocycles. The molecule has 2 fully saturated rings. The number of rotatable bonds is 31. The molecule has 1 aromatic rings. The summed E-state index contributed by atoms with van der Waals surface area (Å²) in [5, 5.41) is 8.59. The van der Waals surface area contributed by atoms with Crippen LogP contribution in [0.5, 0.6) is 0 Å². The van der Waals surface area contributed by atoms with Gasteiger partial charge in [-0.2, -0.15) is 0 Å². The van der Waals surface area contributed by atoms with Crippen molar-refractivity contribution >= 4 is 53.2 Å². The Morgan fingerprint density at radius 3 is 2.06 bits per heavy atom. The van der Waals surface area contributed by atoms with Gasteiger partial charge >= 0.3 is 0 Å². The minimum Gasteiger partial charge on any atom is -0.379 e. The molecule has 21 heteroatoms. The number of nitrogens with zero attached hydrogens (tertiary/aromatic N) is 6. The highest BCUT2D eigenvalue weighted by atomic mass is 16.7. The maximum absolute atomic E-state index is 14.7. The van der Waals surface area contributed by atoms with Crippen LogP contribution in [-0.4, -0.2) is 193 Å². The fourth-order valence-electron chi connectivity index (χ4n) is 11.1. The van der Waals surface area contributed by atoms with E-state index in [1.54, 1.807) is 30.8 Å². The minimum atomic E-state index is -0.922. The lowest BCUT2D eigenvalue weighted by Gasteiger charge is -2.41. The Labute approximate surface area is 469 Å². The second-order valence-corrected chi connectivity index (χ2v) is 22.3. The van der Waals surface area contributed by atoms with Gasteiger partial charge in [-0.3, -0.25) is 68.2 Å². The first kappa shape index (κ1) is 65.7. The lowest BCUT2D eigenvalue weighted by molar-refractivity contribution is -0.199. The third-order valence-corrected chi connectivity index (χ3v) is 15.8. The van der Waals surface area contributed by atoms with Crippen LogP contribution < -0.4 is 16.1 Å². The summed E-state index contributed by atoms with van der Waals surface area (Å²) in [5.74, 6) is -4.23. The molecule has 21 nitrogen and oxygen atoms in total. The Hall–Kier alpha value is -5.77. The summed E-state index contributed by atoms with van der Waals surface area (Å²) in [7, 11) is 8.03. The van der Waals surface area contributed by atoms with Crippen molar-refractivity contribution in [1.29, 1.82) is 0 Å². The fraction of sp³-hybridized carbons (Fsp3) is 0.707. The van der Waals surface area contributed by atoms with Gasteiger partial charge in [-0.05, 0) is 81.9 Å². The molecular weight excluding hydrogens is 1010 g/mol. The normalized spacial score (nSPS) is 18.7. The Morgan fingerprint density at radius 2 is 1.47 bits per heavy atom. The van der Waals surface area contributed by atoms with Crippen molar-refractivity contribution in [3.05, 3.63) is 48.0 Å². The molecule has 3 N–H and O–H groups in total. The molecule has 0 radical (unpaired) electrons. The molecule has 0 spiro atoms. The van der Waals surface area contributed by atoms with E-state index >= 15 is 0 Å². The third-order valence-electron chi connectivity index (χ3n) is 15.8. The predicted molar refractivity (Wildman–Crippen MR) is 298 cm³/mol. The molecule has 442 valence electrons. The highest BCUT2D eigenvalue weighted by Gasteiger charge is 2.44. The van der Waals surface area contributed by atoms with Crippen molar-refractivity contribution in [1.82, 2.24) is 45.7 Å². The number of carbonyl (C=O) groups excluding carboxylic acids is 9. The first-order valence-corrected chi connectivity index (χ1v) is 28.6. The number of benzene rings is 1. The summed E-state index contributed by atoms with van der Waals surface area (Å²) in [5.41, 5.74) is 3.49. The molecule has 1 aromatic carbocycles. The number of hydroxylamine groups is 2. The summed E-state index contributed by atoms with van der Waals surface area (Å²) in [6.45, 7) is 15.3. The van der Waals surface area contributed by atoms with E-state index in [0.29, 0.717) is 71.2 Å². The molecule has 3 aliphatic heterocycles. The third kappa shape index (κ3) is 18.9. The van der Waals surface area contributed by atoms with Gasteiger partial charge < -0.3 is 29.9 Å². The van der Waals surface area contributed by atoms with E-state index in [0.717, 1.165) is 18.4 Å². The topological polar surface area (TPSA) is 237 Å². The molecule has 4 rings (SSSR count). The van der Waals surface area contributed by atoms with Gasteiger partial charge in [0, 0.05) is 79.4 Å². The standard InChI is InChI=1S/C58H93N9O12/c1-13-40(6)53(45(77-11)37-50(72)65-33-22-26-44(65)54(78-12)41(7)55(73)59-43(36-42-24-16-14-17-25-42)57(75)67-34-20-21-35-79-67)63(9)58(76)51(38(2)3)60-56(74)52(39(4)5)62(8)31-23-28-47(69)64(10)61-46(68)27-18-15-19-32-66-48(70)29-30-49(66)71/h14,16-17,24-25,29-30,38-41,43-45,51-54H,13,15,18-23,26-28,31-37H2,1-12H3,(H,59,73)(H,60,74)(H,61,68)/t40?,41?,43?,44-,45?,51?,52?,53?,54?/m0/s1. The molecule has 2 saturated heterocycles. The molecule has 0 bridgehead atoms. The van der Waals surface area contributed by atoms with E-state index in [1.807, 2.05) is 76.8 Å². The largest absolute Gasteiger partial charge is 0.379 e. The van der Waals surface area contributed by atoms with E-state index in [4.69, 9.17) is 14.3 Å². The van der Waals surface area contributed by atoms with Gasteiger partial charge in [0.05, 0.1) is 49.3 Å². The monoisotopic (exact) mass is 1110 g/mol. The van der Waals surface area contributed by atoms with E-state index in [9.17, 15) is 43.2 Å². The van der Waals surface area contributed by atoms with E-state index in [2.05, 4.69) is 16.1 Å². The highest BCUT2D eigenvalue weighted by molar-refractivity contribution is 6.12. The molecule has 0 aliphatic carbocycles. The van der Waals surface area contributed by atoms with E-state index < -0.39 is 48.3 Å². The number of hydrogen-bond acceptors (Lipinski definition) is 13. The SMILES string of the molecule is CCC(C)C(C(CC(=O)N1CCC[C@H]1C(OC)C(C)C(=O)NC(Cc1ccccc1)C(=O)N1CCCCO1)OC)N(C)C(=O)C(NC(=O)C(C(C)C)N(C)CCCC(=O)N(C)NC(=O)CCCCCN1C(=O)C=CC1=O)C(C)C. The average Bonchev–Trinajstić information content (AvgIpc) is 4.06. The summed E-state index contributed by atoms with van der Waals surface area (Å²) in [6, 6.07) is 6.02. The van der Waals surface area contributed by atoms with Gasteiger partial charge in [-0.15, -0.1) is 0 Å². The quantitative estimate of drug-likeness (QED) is 0.0542. The smallest absolute Gasteiger partial charge is 0.269 e. The Kier molecular flexibility index (Phi) is 27.0. The molecule has 0 aromatic heterocycles. The zero-order chi connectivity index (χ0) is 58.5. The summed E-state index contributed by atoms with van der Waals surface area (Å²) in [6.07, 6.45) is 7.23. The number of nitrogens with one attached hydrogen (secondary N) is 3. The second-order valence-electron chi connectivity index (χ2n) is 22.3. The number of imide groups is 1. The first-order valence-electron chi connectivity index (χ1n) is 28.6. The molecule has 8 unspecified atom stereocenters. The van der Waals surface area contributed by atoms with Crippen LogP contribution in [0.25, 0.3) is 0 Å². The van der Waals surface area contributed by atoms with E-state index in [1.165, 1.54) is 48.4 Å². The van der Waals surface area contributed by atoms with Gasteiger partial charge in [0.15, 0.2) is 0 Å². The molecule has 0 saturated carbocycles. The summed E-state index contributed by atoms with van der Waals surface area (Å²) < 4.78 is 12.2. The number of hydrazine groups is 1. The number of likely N-dealkylation sites (tertiary alicyclic amines) is 1. The second kappa shape index (κ2) is 32.5. The summed E-state index contributed by atoms with van der Waals surface area (Å²) >= 11 is 0. The number of likely N-dealkylation sites (N-methyl/N-ethyl adjacent to an activating group) is 2. The van der Waals surface area contributed by atoms with Gasteiger partial charge in [-0.25, -0.2) is 5.06 Å². The van der Waals surface area contributed by atoms with Gasteiger partial charge in [0.1, 0.15) is 12.1 Å². The van der Waals surface area contributed by atoms with Gasteiger partial charge in [0.2, 0.25) is 35.4 Å². The molecular formula is C58H93N9O12. The van der Waals surface area contributed by atoms with Crippen molar-refractivity contribution in [3.63, 3.8) is 0 Å². The van der Waals surface area contributed by atoms with Crippen molar-refractivity contribution in [2.75, 3.05) is 68.1 Å². The zero-order valence-electron chi connectivity index (χ0n) is 49.2. The van der Waals surface area contributed by atoms with E-state index in [-0.39, 0.29) is 103 Å². The van der Waals surface area contributed by atoms with Crippen molar-refractivity contribution in [2.45, 2.75) is 174 Å². The van der Waals surface area contributed by atoms with Crippen molar-refractivity contribution in [2.24, 2.45) is 23.7 Å². The van der Waals surface area contributed by atoms with Gasteiger partial charge in [-0.1, -0.05) is 91.6 Å². The average molecular weight is 1110 g/mol. The van der Waals surface area contributed by atoms with Crippen LogP contribution >= 0.6 is 0 Å². The van der Waals surface area contributed by atoms with Crippen molar-refractivity contribution in [3.8, 4) is 0 Å². The maximum atomic E-state index is 14.7. The number of amides is 9. The Balaban J connectivity index is 1.36. The zero-order valence-corrected chi connectivity index (χ0v) is 49.2. The van der Waals surface area contributed by atoms with Crippen LogP contribution in [0.2, 0.25) is 0 Å². The fourth-order valence-corrected chi connectivity index (χ4v) is 11.1. The van der Waals surface area contributed by atoms with Crippen LogP contribution in [-0.2, 0) is 63.9 Å². The lowest BCUT2D eigenvalue weighted by Crippen LogP contribution is -2.60. The van der Waals surface area contributed by atoms with Gasteiger partial charge in [0.25, 0.3) is 17.7 Å². The number of unbranched alkanes of at least 4 members (excludes halogenated alkanes) is 2. The minimum absolute atomic E-state index is 0.0587. The Bertz CT molecular complexity index is 2210. The van der Waals surface area contributed by atoms with Crippen LogP contribution in [0.15, 0.2) is 42.5 Å². The highest BCUT2D eigenvalue weighted by Crippen LogP contribution is 2.30. The Morgan fingerprint density at radius 1 is 0.785 bits per heavy atom. The van der Waals surface area contributed by atoms with Crippen LogP contribution in [0.4, 0.5) is 0 Å². The maximum Gasteiger partial charge on any atom is 0.269 e. The number of ether oxygens (including phenoxy) is 2. The molecule has 9 amide bonds. The van der Waals surface area contributed by atoms with Crippen LogP contribution in [0.3, 0.4) is 0 Å². The first-order chi connectivity index (χ1) is 37.6.